The van der Waals surface area contributed by atoms with Crippen LogP contribution in [-0.4, -0.2) is 22.2 Å². The molecular weight excluding hydrogens is 179 g/mol. The summed E-state index contributed by atoms with van der Waals surface area (Å²) in [6, 6.07) is 2.26. The Kier molecular flexibility index (Phi) is 2.63. The molecule has 0 amide bonds. The second-order valence-corrected chi connectivity index (χ2v) is 2.74. The highest BCUT2D eigenvalue weighted by atomic mass is 19.3. The fourth-order valence-electron chi connectivity index (χ4n) is 0.818. The van der Waals surface area contributed by atoms with Crippen molar-refractivity contribution < 1.29 is 18.8 Å². The molecule has 6 heteroatoms. The monoisotopic (exact) mass is 187 g/mol. The molecule has 0 unspecified atom stereocenters. The average Bonchev–Trinajstić information content (AvgIpc) is 2.03. The summed E-state index contributed by atoms with van der Waals surface area (Å²) in [5.41, 5.74) is -0.301. The molecule has 0 atom stereocenters. The van der Waals surface area contributed by atoms with E-state index in [1.807, 2.05) is 0 Å². The molecule has 3 nitrogen and oxygen atoms in total. The summed E-state index contributed by atoms with van der Waals surface area (Å²) >= 11 is 0. The van der Waals surface area contributed by atoms with E-state index in [4.69, 9.17) is 10.0 Å². The number of hydrogen-bond donors (Lipinski definition) is 2. The molecule has 0 aliphatic heterocycles. The zero-order valence-electron chi connectivity index (χ0n) is 6.91. The Labute approximate surface area is 74.2 Å². The van der Waals surface area contributed by atoms with E-state index in [1.165, 1.54) is 6.07 Å². The first kappa shape index (κ1) is 10.1. The topological polar surface area (TPSA) is 53.4 Å². The van der Waals surface area contributed by atoms with Crippen LogP contribution < -0.4 is 5.46 Å². The van der Waals surface area contributed by atoms with Crippen LogP contribution in [0.15, 0.2) is 18.3 Å². The van der Waals surface area contributed by atoms with Gasteiger partial charge in [0.2, 0.25) is 0 Å². The summed E-state index contributed by atoms with van der Waals surface area (Å²) in [6.07, 6.45) is 1.01. The van der Waals surface area contributed by atoms with Crippen molar-refractivity contribution in [3.05, 3.63) is 24.0 Å². The fourth-order valence-corrected chi connectivity index (χ4v) is 0.818. The predicted octanol–water partition coefficient (Wildman–Crippen LogP) is -0.127. The van der Waals surface area contributed by atoms with Gasteiger partial charge in [0.1, 0.15) is 5.69 Å². The molecule has 2 N–H and O–H groups in total. The number of nitrogens with zero attached hydrogens (tertiary/aromatic N) is 1. The highest BCUT2D eigenvalue weighted by Gasteiger charge is 2.26. The lowest BCUT2D eigenvalue weighted by Gasteiger charge is -2.09. The van der Waals surface area contributed by atoms with Gasteiger partial charge in [0.05, 0.1) is 0 Å². The third-order valence-electron chi connectivity index (χ3n) is 1.53. The van der Waals surface area contributed by atoms with Crippen molar-refractivity contribution in [2.75, 3.05) is 0 Å². The van der Waals surface area contributed by atoms with Crippen LogP contribution in [0.5, 0.6) is 0 Å². The van der Waals surface area contributed by atoms with Crippen molar-refractivity contribution in [2.24, 2.45) is 0 Å². The van der Waals surface area contributed by atoms with Gasteiger partial charge in [0, 0.05) is 18.6 Å². The maximum atomic E-state index is 12.6. The van der Waals surface area contributed by atoms with E-state index in [0.29, 0.717) is 0 Å². The lowest BCUT2D eigenvalue weighted by atomic mass is 9.81. The Hall–Kier alpha value is -1.01. The Morgan fingerprint density at radius 3 is 2.31 bits per heavy atom. The summed E-state index contributed by atoms with van der Waals surface area (Å²) in [5.74, 6) is -3.00. The number of alkyl halides is 2. The van der Waals surface area contributed by atoms with E-state index in [-0.39, 0.29) is 5.46 Å². The van der Waals surface area contributed by atoms with Gasteiger partial charge in [-0.05, 0) is 6.07 Å². The molecule has 1 aromatic heterocycles. The van der Waals surface area contributed by atoms with E-state index in [9.17, 15) is 8.78 Å². The second-order valence-electron chi connectivity index (χ2n) is 2.74. The minimum absolute atomic E-state index is 0.0907. The summed E-state index contributed by atoms with van der Waals surface area (Å²) < 4.78 is 25.2. The van der Waals surface area contributed by atoms with Crippen LogP contribution in [0.25, 0.3) is 0 Å². The Morgan fingerprint density at radius 2 is 2.00 bits per heavy atom. The van der Waals surface area contributed by atoms with Gasteiger partial charge in [-0.2, -0.15) is 8.78 Å². The number of pyridine rings is 1. The van der Waals surface area contributed by atoms with Gasteiger partial charge in [-0.15, -0.1) is 0 Å². The molecule has 0 bridgehead atoms. The quantitative estimate of drug-likeness (QED) is 0.634. The number of halogens is 2. The van der Waals surface area contributed by atoms with Crippen molar-refractivity contribution in [3.8, 4) is 0 Å². The molecule has 13 heavy (non-hydrogen) atoms. The SMILES string of the molecule is CC(F)(F)c1ccc(B(O)O)cn1. The van der Waals surface area contributed by atoms with Crippen LogP contribution >= 0.6 is 0 Å². The summed E-state index contributed by atoms with van der Waals surface area (Å²) in [5, 5.41) is 17.3. The zero-order chi connectivity index (χ0) is 10.1. The first-order valence-corrected chi connectivity index (χ1v) is 3.61. The minimum atomic E-state index is -3.00. The Morgan fingerprint density at radius 1 is 1.38 bits per heavy atom. The number of hydrogen-bond acceptors (Lipinski definition) is 3. The molecule has 0 spiro atoms. The molecule has 0 fully saturated rings. The second kappa shape index (κ2) is 3.39. The fraction of sp³-hybridized carbons (Fsp3) is 0.286. The average molecular weight is 187 g/mol. The normalized spacial score (nSPS) is 11.5. The Balaban J connectivity index is 2.94. The minimum Gasteiger partial charge on any atom is -0.423 e. The van der Waals surface area contributed by atoms with Crippen LogP contribution in [0.1, 0.15) is 12.6 Å². The van der Waals surface area contributed by atoms with Crippen molar-refractivity contribution in [1.29, 1.82) is 0 Å². The highest BCUT2D eigenvalue weighted by molar-refractivity contribution is 6.58. The summed E-state index contributed by atoms with van der Waals surface area (Å²) in [6.45, 7) is 0.727. The van der Waals surface area contributed by atoms with Gasteiger partial charge in [-0.1, -0.05) is 6.07 Å². The molecule has 0 saturated heterocycles. The molecule has 1 aromatic rings. The molecular formula is C7H8BF2NO2. The maximum absolute atomic E-state index is 12.6. The van der Waals surface area contributed by atoms with Crippen LogP contribution in [0.3, 0.4) is 0 Å². The van der Waals surface area contributed by atoms with Crippen molar-refractivity contribution in [3.63, 3.8) is 0 Å². The molecule has 0 aliphatic carbocycles. The lowest BCUT2D eigenvalue weighted by molar-refractivity contribution is 0.0128. The van der Waals surface area contributed by atoms with Crippen molar-refractivity contribution in [2.45, 2.75) is 12.8 Å². The molecule has 0 saturated carbocycles. The van der Waals surface area contributed by atoms with Gasteiger partial charge >= 0.3 is 7.12 Å². The molecule has 70 valence electrons. The molecule has 0 radical (unpaired) electrons. The standard InChI is InChI=1S/C7H8BF2NO2/c1-7(9,10)6-3-2-5(4-11-6)8(12)13/h2-4,12-13H,1H3. The van der Waals surface area contributed by atoms with Crippen LogP contribution in [-0.2, 0) is 5.92 Å². The molecule has 1 rings (SSSR count). The predicted molar refractivity (Wildman–Crippen MR) is 43.6 cm³/mol. The summed E-state index contributed by atoms with van der Waals surface area (Å²) in [7, 11) is -1.67. The maximum Gasteiger partial charge on any atom is 0.490 e. The third kappa shape index (κ3) is 2.47. The van der Waals surface area contributed by atoms with E-state index >= 15 is 0 Å². The first-order chi connectivity index (χ1) is 5.91. The highest BCUT2D eigenvalue weighted by Crippen LogP contribution is 2.23. The van der Waals surface area contributed by atoms with E-state index < -0.39 is 18.7 Å². The largest absolute Gasteiger partial charge is 0.490 e. The smallest absolute Gasteiger partial charge is 0.423 e. The summed E-state index contributed by atoms with van der Waals surface area (Å²) in [4.78, 5) is 3.40. The Bertz CT molecular complexity index is 284. The zero-order valence-corrected chi connectivity index (χ0v) is 6.91. The van der Waals surface area contributed by atoms with Crippen LogP contribution in [0.2, 0.25) is 0 Å². The lowest BCUT2D eigenvalue weighted by Crippen LogP contribution is -2.30. The van der Waals surface area contributed by atoms with Gasteiger partial charge in [-0.25, -0.2) is 0 Å². The van der Waals surface area contributed by atoms with Crippen LogP contribution in [0.4, 0.5) is 8.78 Å². The van der Waals surface area contributed by atoms with Gasteiger partial charge in [0.25, 0.3) is 5.92 Å². The van der Waals surface area contributed by atoms with Crippen LogP contribution in [0, 0.1) is 0 Å². The third-order valence-corrected chi connectivity index (χ3v) is 1.53. The molecule has 0 aromatic carbocycles. The molecule has 0 aliphatic rings. The van der Waals surface area contributed by atoms with E-state index in [0.717, 1.165) is 19.2 Å². The van der Waals surface area contributed by atoms with Gasteiger partial charge < -0.3 is 10.0 Å². The van der Waals surface area contributed by atoms with Crippen molar-refractivity contribution >= 4 is 12.6 Å². The number of rotatable bonds is 2. The van der Waals surface area contributed by atoms with Gasteiger partial charge in [0.15, 0.2) is 0 Å². The van der Waals surface area contributed by atoms with Gasteiger partial charge in [-0.3, -0.25) is 4.98 Å². The van der Waals surface area contributed by atoms with Crippen molar-refractivity contribution in [1.82, 2.24) is 4.98 Å². The first-order valence-electron chi connectivity index (χ1n) is 3.61. The molecule has 1 heterocycles. The number of aromatic nitrogens is 1. The van der Waals surface area contributed by atoms with E-state index in [1.54, 1.807) is 0 Å². The van der Waals surface area contributed by atoms with E-state index in [2.05, 4.69) is 4.98 Å².